The highest BCUT2D eigenvalue weighted by Crippen LogP contribution is 2.04. The molecular weight excluding hydrogens is 162 g/mol. The van der Waals surface area contributed by atoms with Gasteiger partial charge in [0.1, 0.15) is 11.4 Å². The Morgan fingerprint density at radius 2 is 2.33 bits per heavy atom. The third-order valence-electron chi connectivity index (χ3n) is 1.24. The van der Waals surface area contributed by atoms with E-state index in [-0.39, 0.29) is 5.56 Å². The maximum absolute atomic E-state index is 11.0. The first-order valence-electron chi connectivity index (χ1n) is 3.12. The van der Waals surface area contributed by atoms with Crippen molar-refractivity contribution < 1.29 is 10.3 Å². The quantitative estimate of drug-likeness (QED) is 0.302. The number of oxime groups is 1. The predicted octanol–water partition coefficient (Wildman–Crippen LogP) is -0.408. The summed E-state index contributed by atoms with van der Waals surface area (Å²) >= 11 is 0. The molecule has 0 aliphatic carbocycles. The fourth-order valence-corrected chi connectivity index (χ4v) is 0.754. The van der Waals surface area contributed by atoms with Crippen LogP contribution in [0.4, 0.5) is 0 Å². The Morgan fingerprint density at radius 3 is 2.83 bits per heavy atom. The van der Waals surface area contributed by atoms with E-state index in [9.17, 15) is 4.79 Å². The number of aromatic hydroxyl groups is 1. The first kappa shape index (κ1) is 8.25. The van der Waals surface area contributed by atoms with Gasteiger partial charge in [-0.2, -0.15) is 0 Å². The van der Waals surface area contributed by atoms with Gasteiger partial charge in [-0.3, -0.25) is 4.79 Å². The van der Waals surface area contributed by atoms with Crippen LogP contribution in [0.1, 0.15) is 11.4 Å². The molecule has 0 amide bonds. The van der Waals surface area contributed by atoms with Crippen molar-refractivity contribution in [2.75, 3.05) is 0 Å². The molecule has 6 nitrogen and oxygen atoms in total. The summed E-state index contributed by atoms with van der Waals surface area (Å²) in [6, 6.07) is 0. The zero-order valence-electron chi connectivity index (χ0n) is 6.27. The molecule has 0 radical (unpaired) electrons. The molecule has 3 N–H and O–H groups in total. The molecule has 12 heavy (non-hydrogen) atoms. The van der Waals surface area contributed by atoms with Crippen molar-refractivity contribution in [3.8, 4) is 5.88 Å². The Kier molecular flexibility index (Phi) is 2.09. The first-order valence-corrected chi connectivity index (χ1v) is 3.12. The van der Waals surface area contributed by atoms with Crippen LogP contribution in [0.25, 0.3) is 0 Å². The molecule has 0 atom stereocenters. The lowest BCUT2D eigenvalue weighted by molar-refractivity contribution is 0.321. The van der Waals surface area contributed by atoms with Gasteiger partial charge in [-0.25, -0.2) is 4.98 Å². The Morgan fingerprint density at radius 1 is 1.67 bits per heavy atom. The first-order chi connectivity index (χ1) is 5.65. The van der Waals surface area contributed by atoms with E-state index in [1.165, 1.54) is 6.92 Å². The molecule has 0 aliphatic heterocycles. The Hall–Kier alpha value is -1.85. The van der Waals surface area contributed by atoms with Crippen LogP contribution < -0.4 is 5.56 Å². The van der Waals surface area contributed by atoms with Gasteiger partial charge in [0, 0.05) is 0 Å². The summed E-state index contributed by atoms with van der Waals surface area (Å²) in [5.74, 6) is -0.151. The number of aryl methyl sites for hydroxylation is 1. The fraction of sp³-hybridized carbons (Fsp3) is 0.167. The Bertz CT molecular complexity index is 369. The number of nitrogens with zero attached hydrogens (tertiary/aromatic N) is 2. The Balaban J connectivity index is 3.38. The summed E-state index contributed by atoms with van der Waals surface area (Å²) in [6.07, 6.45) is 0.820. The number of aromatic amines is 1. The van der Waals surface area contributed by atoms with E-state index >= 15 is 0 Å². The summed E-state index contributed by atoms with van der Waals surface area (Å²) < 4.78 is 0. The van der Waals surface area contributed by atoms with Gasteiger partial charge in [-0.1, -0.05) is 5.16 Å². The van der Waals surface area contributed by atoms with E-state index in [1.54, 1.807) is 0 Å². The number of H-pyrrole nitrogens is 1. The van der Waals surface area contributed by atoms with Crippen LogP contribution in [-0.4, -0.2) is 26.5 Å². The molecule has 0 saturated heterocycles. The van der Waals surface area contributed by atoms with E-state index in [0.29, 0.717) is 5.82 Å². The van der Waals surface area contributed by atoms with Gasteiger partial charge in [0.25, 0.3) is 5.56 Å². The summed E-state index contributed by atoms with van der Waals surface area (Å²) in [5, 5.41) is 19.8. The van der Waals surface area contributed by atoms with Crippen LogP contribution in [0.5, 0.6) is 5.88 Å². The smallest absolute Gasteiger partial charge is 0.263 e. The molecule has 0 fully saturated rings. The molecule has 0 unspecified atom stereocenters. The zero-order chi connectivity index (χ0) is 9.14. The average molecular weight is 169 g/mol. The third-order valence-corrected chi connectivity index (χ3v) is 1.24. The molecule has 6 heteroatoms. The molecule has 0 aromatic carbocycles. The molecule has 0 spiro atoms. The van der Waals surface area contributed by atoms with E-state index < -0.39 is 11.4 Å². The standard InChI is InChI=1S/C6H7N3O3/c1-3-8-5(10)4(2-7-12)6(11)9-3/h2,12H,1H3,(H2,8,9,10,11)/b7-2-. The lowest BCUT2D eigenvalue weighted by Gasteiger charge is -1.96. The van der Waals surface area contributed by atoms with Crippen LogP contribution >= 0.6 is 0 Å². The molecule has 64 valence electrons. The maximum Gasteiger partial charge on any atom is 0.263 e. The number of rotatable bonds is 1. The largest absolute Gasteiger partial charge is 0.493 e. The molecule has 1 aromatic heterocycles. The highest BCUT2D eigenvalue weighted by atomic mass is 16.4. The number of aromatic nitrogens is 2. The summed E-state index contributed by atoms with van der Waals surface area (Å²) in [4.78, 5) is 16.9. The Labute approximate surface area is 67.2 Å². The van der Waals surface area contributed by atoms with Crippen molar-refractivity contribution in [1.29, 1.82) is 0 Å². The molecule has 0 aliphatic rings. The molecular formula is C6H7N3O3. The van der Waals surface area contributed by atoms with Crippen molar-refractivity contribution >= 4 is 6.21 Å². The van der Waals surface area contributed by atoms with Crippen molar-refractivity contribution in [3.05, 3.63) is 21.7 Å². The zero-order valence-corrected chi connectivity index (χ0v) is 6.27. The van der Waals surface area contributed by atoms with E-state index in [4.69, 9.17) is 10.3 Å². The molecule has 1 heterocycles. The SMILES string of the molecule is Cc1nc(O)c(/C=N\O)c(=O)[nH]1. The van der Waals surface area contributed by atoms with Gasteiger partial charge in [-0.15, -0.1) is 0 Å². The third kappa shape index (κ3) is 1.42. The minimum absolute atomic E-state index is 0.164. The maximum atomic E-state index is 11.0. The predicted molar refractivity (Wildman–Crippen MR) is 40.6 cm³/mol. The topological polar surface area (TPSA) is 98.6 Å². The highest BCUT2D eigenvalue weighted by molar-refractivity contribution is 5.81. The lowest BCUT2D eigenvalue weighted by Crippen LogP contribution is -2.14. The van der Waals surface area contributed by atoms with Crippen LogP contribution in [0.3, 0.4) is 0 Å². The van der Waals surface area contributed by atoms with Gasteiger partial charge in [0.15, 0.2) is 0 Å². The highest BCUT2D eigenvalue weighted by Gasteiger charge is 2.05. The second kappa shape index (κ2) is 3.04. The fourth-order valence-electron chi connectivity index (χ4n) is 0.754. The summed E-state index contributed by atoms with van der Waals surface area (Å²) in [7, 11) is 0. The molecule has 1 rings (SSSR count). The summed E-state index contributed by atoms with van der Waals surface area (Å²) in [6.45, 7) is 1.53. The minimum Gasteiger partial charge on any atom is -0.493 e. The van der Waals surface area contributed by atoms with Crippen molar-refractivity contribution in [1.82, 2.24) is 9.97 Å². The van der Waals surface area contributed by atoms with Crippen LogP contribution in [-0.2, 0) is 0 Å². The van der Waals surface area contributed by atoms with Crippen LogP contribution in [0, 0.1) is 6.92 Å². The van der Waals surface area contributed by atoms with Crippen molar-refractivity contribution in [2.24, 2.45) is 5.16 Å². The average Bonchev–Trinajstić information content (AvgIpc) is 1.96. The molecule has 1 aromatic rings. The van der Waals surface area contributed by atoms with Gasteiger partial charge in [0.2, 0.25) is 5.88 Å². The minimum atomic E-state index is -0.544. The van der Waals surface area contributed by atoms with Crippen LogP contribution in [0.15, 0.2) is 9.95 Å². The summed E-state index contributed by atoms with van der Waals surface area (Å²) in [5.41, 5.74) is -0.707. The van der Waals surface area contributed by atoms with Gasteiger partial charge in [0.05, 0.1) is 6.21 Å². The van der Waals surface area contributed by atoms with E-state index in [0.717, 1.165) is 6.21 Å². The second-order valence-electron chi connectivity index (χ2n) is 2.13. The van der Waals surface area contributed by atoms with Crippen molar-refractivity contribution in [3.63, 3.8) is 0 Å². The number of hydrogen-bond donors (Lipinski definition) is 3. The van der Waals surface area contributed by atoms with Gasteiger partial charge >= 0.3 is 0 Å². The normalized spacial score (nSPS) is 10.8. The number of hydrogen-bond acceptors (Lipinski definition) is 5. The van der Waals surface area contributed by atoms with E-state index in [1.807, 2.05) is 0 Å². The lowest BCUT2D eigenvalue weighted by atomic mass is 10.3. The van der Waals surface area contributed by atoms with Crippen LogP contribution in [0.2, 0.25) is 0 Å². The second-order valence-corrected chi connectivity index (χ2v) is 2.13. The molecule has 0 saturated carbocycles. The van der Waals surface area contributed by atoms with Gasteiger partial charge in [-0.05, 0) is 6.92 Å². The van der Waals surface area contributed by atoms with Crippen molar-refractivity contribution in [2.45, 2.75) is 6.92 Å². The van der Waals surface area contributed by atoms with E-state index in [2.05, 4.69) is 15.1 Å². The van der Waals surface area contributed by atoms with Gasteiger partial charge < -0.3 is 15.3 Å². The monoisotopic (exact) mass is 169 g/mol. The molecule has 0 bridgehead atoms. The number of nitrogens with one attached hydrogen (secondary N) is 1.